The van der Waals surface area contributed by atoms with E-state index in [1.807, 2.05) is 34.6 Å². The fourth-order valence-corrected chi connectivity index (χ4v) is 3.36. The fourth-order valence-electron chi connectivity index (χ4n) is 3.36. The Morgan fingerprint density at radius 2 is 1.86 bits per heavy atom. The average Bonchev–Trinajstić information content (AvgIpc) is 3.34. The number of nitrogens with zero attached hydrogens (tertiary/aromatic N) is 2. The predicted octanol–water partition coefficient (Wildman–Crippen LogP) is 2.33. The quantitative estimate of drug-likeness (QED) is 0.719. The zero-order valence-electron chi connectivity index (χ0n) is 17.9. The molecule has 0 radical (unpaired) electrons. The molecule has 2 rings (SSSR count). The van der Waals surface area contributed by atoms with Crippen LogP contribution in [0, 0.1) is 5.92 Å². The number of carbonyl (C=O) groups is 3. The highest BCUT2D eigenvalue weighted by Gasteiger charge is 2.30. The second-order valence-corrected chi connectivity index (χ2v) is 9.27. The maximum atomic E-state index is 12.5. The molecule has 8 nitrogen and oxygen atoms in total. The normalized spacial score (nSPS) is 20.6. The van der Waals surface area contributed by atoms with Crippen LogP contribution in [0.4, 0.5) is 9.59 Å². The smallest absolute Gasteiger partial charge is 0.410 e. The van der Waals surface area contributed by atoms with Gasteiger partial charge in [0.25, 0.3) is 0 Å². The van der Waals surface area contributed by atoms with Crippen LogP contribution in [0.3, 0.4) is 0 Å². The van der Waals surface area contributed by atoms with Crippen molar-refractivity contribution < 1.29 is 19.1 Å². The fraction of sp³-hybridized carbons (Fsp3) is 0.850. The topological polar surface area (TPSA) is 91.0 Å². The molecule has 2 N–H and O–H groups in total. The highest BCUT2D eigenvalue weighted by molar-refractivity contribution is 5.95. The van der Waals surface area contributed by atoms with Gasteiger partial charge >= 0.3 is 12.1 Å². The third-order valence-electron chi connectivity index (χ3n) is 4.84. The lowest BCUT2D eigenvalue weighted by Crippen LogP contribution is -2.50. The molecular formula is C20H36N4O4. The van der Waals surface area contributed by atoms with Crippen LogP contribution in [0.1, 0.15) is 60.3 Å². The van der Waals surface area contributed by atoms with Gasteiger partial charge in [0.15, 0.2) is 0 Å². The maximum absolute atomic E-state index is 12.5. The lowest BCUT2D eigenvalue weighted by molar-refractivity contribution is -0.121. The first kappa shape index (κ1) is 22.5. The van der Waals surface area contributed by atoms with Gasteiger partial charge in [0.2, 0.25) is 5.91 Å². The molecule has 1 saturated heterocycles. The van der Waals surface area contributed by atoms with E-state index in [0.29, 0.717) is 6.54 Å². The van der Waals surface area contributed by atoms with Crippen molar-refractivity contribution in [2.45, 2.75) is 78.0 Å². The highest BCUT2D eigenvalue weighted by atomic mass is 16.6. The SMILES string of the molecule is CC(C)N(C[C@@H]1CCCN(CC(=O)NC(=O)NC2CC2)C1)C(=O)OC(C)(C)C. The molecule has 8 heteroatoms. The minimum atomic E-state index is -0.526. The van der Waals surface area contributed by atoms with Crippen molar-refractivity contribution in [3.05, 3.63) is 0 Å². The number of rotatable bonds is 6. The number of ether oxygens (including phenoxy) is 1. The average molecular weight is 397 g/mol. The summed E-state index contributed by atoms with van der Waals surface area (Å²) in [5.74, 6) is -0.0107. The van der Waals surface area contributed by atoms with Crippen molar-refractivity contribution >= 4 is 18.0 Å². The van der Waals surface area contributed by atoms with Crippen LogP contribution in [-0.2, 0) is 9.53 Å². The van der Waals surface area contributed by atoms with E-state index in [9.17, 15) is 14.4 Å². The van der Waals surface area contributed by atoms with Crippen molar-refractivity contribution in [1.82, 2.24) is 20.4 Å². The number of piperidine rings is 1. The number of amides is 4. The van der Waals surface area contributed by atoms with Gasteiger partial charge < -0.3 is 15.0 Å². The number of likely N-dealkylation sites (tertiary alicyclic amines) is 1. The molecular weight excluding hydrogens is 360 g/mol. The Morgan fingerprint density at radius 3 is 2.43 bits per heavy atom. The van der Waals surface area contributed by atoms with E-state index in [1.54, 1.807) is 4.90 Å². The van der Waals surface area contributed by atoms with E-state index in [4.69, 9.17) is 4.74 Å². The third-order valence-corrected chi connectivity index (χ3v) is 4.84. The van der Waals surface area contributed by atoms with E-state index in [1.165, 1.54) is 0 Å². The van der Waals surface area contributed by atoms with Gasteiger partial charge in [0, 0.05) is 25.2 Å². The first-order valence-corrected chi connectivity index (χ1v) is 10.4. The number of carbonyl (C=O) groups excluding carboxylic acids is 3. The molecule has 0 bridgehead atoms. The number of hydrogen-bond acceptors (Lipinski definition) is 5. The Hall–Kier alpha value is -1.83. The first-order chi connectivity index (χ1) is 13.0. The maximum Gasteiger partial charge on any atom is 0.410 e. The molecule has 1 aliphatic carbocycles. The Labute approximate surface area is 168 Å². The number of imide groups is 1. The van der Waals surface area contributed by atoms with Gasteiger partial charge in [-0.05, 0) is 72.8 Å². The molecule has 0 spiro atoms. The monoisotopic (exact) mass is 396 g/mol. The molecule has 2 aliphatic rings. The number of urea groups is 1. The summed E-state index contributed by atoms with van der Waals surface area (Å²) < 4.78 is 5.54. The van der Waals surface area contributed by atoms with Crippen LogP contribution in [0.25, 0.3) is 0 Å². The minimum Gasteiger partial charge on any atom is -0.444 e. The van der Waals surface area contributed by atoms with Crippen molar-refractivity contribution in [2.24, 2.45) is 5.92 Å². The first-order valence-electron chi connectivity index (χ1n) is 10.4. The molecule has 2 fully saturated rings. The van der Waals surface area contributed by atoms with Gasteiger partial charge in [-0.1, -0.05) is 0 Å². The molecule has 0 aromatic carbocycles. The third kappa shape index (κ3) is 8.04. The van der Waals surface area contributed by atoms with E-state index in [0.717, 1.165) is 38.8 Å². The highest BCUT2D eigenvalue weighted by Crippen LogP contribution is 2.21. The number of nitrogens with one attached hydrogen (secondary N) is 2. The predicted molar refractivity (Wildman–Crippen MR) is 107 cm³/mol. The molecule has 1 aliphatic heterocycles. The van der Waals surface area contributed by atoms with Gasteiger partial charge in [-0.2, -0.15) is 0 Å². The molecule has 0 unspecified atom stereocenters. The molecule has 160 valence electrons. The molecule has 1 saturated carbocycles. The Balaban J connectivity index is 1.82. The molecule has 28 heavy (non-hydrogen) atoms. The zero-order valence-corrected chi connectivity index (χ0v) is 17.9. The molecule has 0 aromatic heterocycles. The molecule has 1 heterocycles. The van der Waals surface area contributed by atoms with Crippen LogP contribution in [0.15, 0.2) is 0 Å². The van der Waals surface area contributed by atoms with E-state index in [-0.39, 0.29) is 36.5 Å². The molecule has 1 atom stereocenters. The van der Waals surface area contributed by atoms with Crippen LogP contribution < -0.4 is 10.6 Å². The standard InChI is InChI=1S/C20H36N4O4/c1-14(2)24(19(27)28-20(3,4)5)12-15-7-6-10-23(11-15)13-17(25)22-18(26)21-16-8-9-16/h14-16H,6-13H2,1-5H3,(H2,21,22,25,26)/t15-/m1/s1. The van der Waals surface area contributed by atoms with Gasteiger partial charge in [-0.15, -0.1) is 0 Å². The summed E-state index contributed by atoms with van der Waals surface area (Å²) >= 11 is 0. The largest absolute Gasteiger partial charge is 0.444 e. The van der Waals surface area contributed by atoms with Gasteiger partial charge in [0.1, 0.15) is 5.60 Å². The summed E-state index contributed by atoms with van der Waals surface area (Å²) in [6.07, 6.45) is 3.64. The van der Waals surface area contributed by atoms with E-state index < -0.39 is 11.6 Å². The van der Waals surface area contributed by atoms with Gasteiger partial charge in [-0.25, -0.2) is 9.59 Å². The second kappa shape index (κ2) is 9.58. The lowest BCUT2D eigenvalue weighted by atomic mass is 9.97. The summed E-state index contributed by atoms with van der Waals surface area (Å²) in [5, 5.41) is 5.15. The summed E-state index contributed by atoms with van der Waals surface area (Å²) in [5.41, 5.74) is -0.526. The van der Waals surface area contributed by atoms with Crippen LogP contribution in [0.5, 0.6) is 0 Å². The van der Waals surface area contributed by atoms with Crippen LogP contribution >= 0.6 is 0 Å². The van der Waals surface area contributed by atoms with Crippen molar-refractivity contribution in [3.8, 4) is 0 Å². The summed E-state index contributed by atoms with van der Waals surface area (Å²) in [7, 11) is 0. The van der Waals surface area contributed by atoms with E-state index in [2.05, 4.69) is 15.5 Å². The van der Waals surface area contributed by atoms with Gasteiger partial charge in [-0.3, -0.25) is 15.0 Å². The zero-order chi connectivity index (χ0) is 20.9. The van der Waals surface area contributed by atoms with Crippen molar-refractivity contribution in [1.29, 1.82) is 0 Å². The van der Waals surface area contributed by atoms with Crippen molar-refractivity contribution in [2.75, 3.05) is 26.2 Å². The Morgan fingerprint density at radius 1 is 1.18 bits per heavy atom. The van der Waals surface area contributed by atoms with Crippen LogP contribution in [0.2, 0.25) is 0 Å². The Bertz CT molecular complexity index is 569. The second-order valence-electron chi connectivity index (χ2n) is 9.27. The summed E-state index contributed by atoms with van der Waals surface area (Å²) in [6, 6.07) is -0.140. The summed E-state index contributed by atoms with van der Waals surface area (Å²) in [6.45, 7) is 11.9. The lowest BCUT2D eigenvalue weighted by Gasteiger charge is -2.37. The molecule has 0 aromatic rings. The Kier molecular flexibility index (Phi) is 7.69. The summed E-state index contributed by atoms with van der Waals surface area (Å²) in [4.78, 5) is 40.2. The van der Waals surface area contributed by atoms with E-state index >= 15 is 0 Å². The van der Waals surface area contributed by atoms with Gasteiger partial charge in [0.05, 0.1) is 6.54 Å². The minimum absolute atomic E-state index is 0.0413. The number of hydrogen-bond donors (Lipinski definition) is 2. The van der Waals surface area contributed by atoms with Crippen LogP contribution in [-0.4, -0.2) is 71.7 Å². The molecule has 4 amide bonds. The van der Waals surface area contributed by atoms with Crippen molar-refractivity contribution in [3.63, 3.8) is 0 Å².